The molecule has 0 saturated heterocycles. The zero-order chi connectivity index (χ0) is 15.1. The molecule has 0 aliphatic heterocycles. The predicted octanol–water partition coefficient (Wildman–Crippen LogP) is 0.0358. The number of nitrogens with two attached hydrogens (primary N) is 1. The Balaban J connectivity index is 2.80. The summed E-state index contributed by atoms with van der Waals surface area (Å²) >= 11 is 0. The minimum absolute atomic E-state index is 0.235. The van der Waals surface area contributed by atoms with Gasteiger partial charge in [0.2, 0.25) is 5.56 Å². The van der Waals surface area contributed by atoms with Crippen LogP contribution in [0.4, 0.5) is 0 Å². The monoisotopic (exact) mass is 297 g/mol. The molecule has 8 nitrogen and oxygen atoms in total. The average molecular weight is 297 g/mol. The van der Waals surface area contributed by atoms with E-state index < -0.39 is 15.6 Å². The number of nitrogens with zero attached hydrogens (tertiary/aromatic N) is 3. The number of sulfonamides is 1. The van der Waals surface area contributed by atoms with Crippen LogP contribution >= 0.6 is 0 Å². The number of hydrogen-bond donors (Lipinski definition) is 2. The summed E-state index contributed by atoms with van der Waals surface area (Å²) in [6.45, 7) is 5.36. The Hall–Kier alpha value is -2.00. The van der Waals surface area contributed by atoms with Crippen LogP contribution in [0, 0.1) is 0 Å². The van der Waals surface area contributed by atoms with E-state index in [9.17, 15) is 13.2 Å². The van der Waals surface area contributed by atoms with Gasteiger partial charge in [-0.05, 0) is 26.8 Å². The minimum atomic E-state index is -4.02. The van der Waals surface area contributed by atoms with Gasteiger partial charge in [0.25, 0.3) is 15.2 Å². The highest BCUT2D eigenvalue weighted by molar-refractivity contribution is 7.89. The van der Waals surface area contributed by atoms with Gasteiger partial charge in [-0.1, -0.05) is 6.07 Å². The molecule has 0 fully saturated rings. The van der Waals surface area contributed by atoms with E-state index in [4.69, 9.17) is 5.14 Å². The first-order valence-corrected chi connectivity index (χ1v) is 7.34. The molecule has 0 aromatic carbocycles. The number of aromatic amines is 1. The summed E-state index contributed by atoms with van der Waals surface area (Å²) in [4.78, 5) is 14.0. The van der Waals surface area contributed by atoms with E-state index in [1.165, 1.54) is 10.6 Å². The van der Waals surface area contributed by atoms with Crippen LogP contribution in [0.1, 0.15) is 20.8 Å². The van der Waals surface area contributed by atoms with E-state index in [2.05, 4.69) is 15.2 Å². The standard InChI is InChI=1S/C11H15N5O3S/c1-11(2,3)16-9(7-5-4-6-8(17)13-7)14-15-10(16)20(12,18)19/h4-6H,1-3H3,(H,13,17)(H2,12,18,19). The van der Waals surface area contributed by atoms with Gasteiger partial charge in [0.15, 0.2) is 5.82 Å². The quantitative estimate of drug-likeness (QED) is 0.809. The summed E-state index contributed by atoms with van der Waals surface area (Å²) < 4.78 is 24.6. The molecule has 2 heterocycles. The third-order valence-electron chi connectivity index (χ3n) is 2.57. The summed E-state index contributed by atoms with van der Waals surface area (Å²) in [5.74, 6) is 0.235. The van der Waals surface area contributed by atoms with E-state index in [0.29, 0.717) is 5.69 Å². The highest BCUT2D eigenvalue weighted by atomic mass is 32.2. The summed E-state index contributed by atoms with van der Waals surface area (Å²) in [5, 5.41) is 12.3. The lowest BCUT2D eigenvalue weighted by atomic mass is 10.1. The Bertz CT molecular complexity index is 798. The van der Waals surface area contributed by atoms with Crippen LogP contribution in [0.5, 0.6) is 0 Å². The number of hydrogen-bond acceptors (Lipinski definition) is 5. The predicted molar refractivity (Wildman–Crippen MR) is 72.4 cm³/mol. The number of nitrogens with one attached hydrogen (secondary N) is 1. The van der Waals surface area contributed by atoms with Crippen molar-refractivity contribution in [2.45, 2.75) is 31.5 Å². The molecule has 0 aliphatic carbocycles. The normalized spacial score (nSPS) is 12.6. The van der Waals surface area contributed by atoms with Crippen molar-refractivity contribution in [3.05, 3.63) is 28.6 Å². The van der Waals surface area contributed by atoms with E-state index in [-0.39, 0.29) is 16.5 Å². The zero-order valence-electron chi connectivity index (χ0n) is 11.3. The Morgan fingerprint density at radius 3 is 2.40 bits per heavy atom. The highest BCUT2D eigenvalue weighted by Gasteiger charge is 2.29. The maximum Gasteiger partial charge on any atom is 0.273 e. The van der Waals surface area contributed by atoms with Crippen molar-refractivity contribution in [2.24, 2.45) is 5.14 Å². The fraction of sp³-hybridized carbons (Fsp3) is 0.364. The van der Waals surface area contributed by atoms with Crippen LogP contribution in [-0.2, 0) is 15.6 Å². The fourth-order valence-electron chi connectivity index (χ4n) is 1.81. The smallest absolute Gasteiger partial charge is 0.273 e. The van der Waals surface area contributed by atoms with Gasteiger partial charge >= 0.3 is 0 Å². The fourth-order valence-corrected chi connectivity index (χ4v) is 2.58. The second kappa shape index (κ2) is 4.53. The van der Waals surface area contributed by atoms with Gasteiger partial charge in [-0.2, -0.15) is 0 Å². The molecule has 0 amide bonds. The second-order valence-electron chi connectivity index (χ2n) is 5.29. The molecule has 0 spiro atoms. The molecule has 2 aromatic rings. The van der Waals surface area contributed by atoms with Gasteiger partial charge in [-0.3, -0.25) is 9.36 Å². The van der Waals surface area contributed by atoms with Crippen LogP contribution in [0.15, 0.2) is 28.2 Å². The molecular formula is C11H15N5O3S. The number of H-pyrrole nitrogens is 1. The lowest BCUT2D eigenvalue weighted by Gasteiger charge is -2.24. The maximum absolute atomic E-state index is 11.6. The molecule has 0 atom stereocenters. The van der Waals surface area contributed by atoms with Gasteiger partial charge in [0.1, 0.15) is 0 Å². The first-order valence-electron chi connectivity index (χ1n) is 5.79. The minimum Gasteiger partial charge on any atom is -0.319 e. The van der Waals surface area contributed by atoms with Crippen molar-refractivity contribution < 1.29 is 8.42 Å². The van der Waals surface area contributed by atoms with Crippen molar-refractivity contribution in [3.63, 3.8) is 0 Å². The van der Waals surface area contributed by atoms with Crippen LogP contribution in [0.3, 0.4) is 0 Å². The van der Waals surface area contributed by atoms with Crippen LogP contribution < -0.4 is 10.7 Å². The van der Waals surface area contributed by atoms with Crippen molar-refractivity contribution in [2.75, 3.05) is 0 Å². The largest absolute Gasteiger partial charge is 0.319 e. The Labute approximate surface area is 115 Å². The molecule has 3 N–H and O–H groups in total. The average Bonchev–Trinajstić information content (AvgIpc) is 2.72. The Morgan fingerprint density at radius 2 is 1.90 bits per heavy atom. The first-order chi connectivity index (χ1) is 9.10. The van der Waals surface area contributed by atoms with Gasteiger partial charge in [-0.25, -0.2) is 13.6 Å². The van der Waals surface area contributed by atoms with Gasteiger partial charge in [0.05, 0.1) is 5.69 Å². The van der Waals surface area contributed by atoms with Gasteiger partial charge in [-0.15, -0.1) is 10.2 Å². The molecule has 2 aromatic heterocycles. The number of primary sulfonamides is 1. The van der Waals surface area contributed by atoms with Crippen molar-refractivity contribution in [3.8, 4) is 11.5 Å². The SMILES string of the molecule is CC(C)(C)n1c(-c2cccc(=O)[nH]2)nnc1S(N)(=O)=O. The van der Waals surface area contributed by atoms with Crippen molar-refractivity contribution in [1.29, 1.82) is 0 Å². The zero-order valence-corrected chi connectivity index (χ0v) is 12.1. The number of aromatic nitrogens is 4. The first kappa shape index (κ1) is 14.4. The Morgan fingerprint density at radius 1 is 1.25 bits per heavy atom. The lowest BCUT2D eigenvalue weighted by Crippen LogP contribution is -2.29. The summed E-state index contributed by atoms with van der Waals surface area (Å²) in [7, 11) is -4.02. The molecule has 9 heteroatoms. The van der Waals surface area contributed by atoms with E-state index in [1.54, 1.807) is 32.9 Å². The molecule has 0 aliphatic rings. The lowest BCUT2D eigenvalue weighted by molar-refractivity contribution is 0.365. The molecule has 0 unspecified atom stereocenters. The maximum atomic E-state index is 11.6. The number of pyridine rings is 1. The molecule has 0 saturated carbocycles. The van der Waals surface area contributed by atoms with E-state index >= 15 is 0 Å². The van der Waals surface area contributed by atoms with Crippen molar-refractivity contribution >= 4 is 10.0 Å². The van der Waals surface area contributed by atoms with Crippen molar-refractivity contribution in [1.82, 2.24) is 19.7 Å². The van der Waals surface area contributed by atoms with E-state index in [1.807, 2.05) is 0 Å². The summed E-state index contributed by atoms with van der Waals surface area (Å²) in [5.41, 5.74) is -0.578. The molecule has 0 bridgehead atoms. The third kappa shape index (κ3) is 2.63. The van der Waals surface area contributed by atoms with Gasteiger partial charge in [0, 0.05) is 11.6 Å². The molecule has 2 rings (SSSR count). The third-order valence-corrected chi connectivity index (χ3v) is 3.34. The van der Waals surface area contributed by atoms with Crippen LogP contribution in [0.2, 0.25) is 0 Å². The van der Waals surface area contributed by atoms with E-state index in [0.717, 1.165) is 0 Å². The summed E-state index contributed by atoms with van der Waals surface area (Å²) in [6.07, 6.45) is 0. The Kier molecular flexibility index (Phi) is 3.26. The topological polar surface area (TPSA) is 124 Å². The molecule has 0 radical (unpaired) electrons. The molecular weight excluding hydrogens is 282 g/mol. The van der Waals surface area contributed by atoms with Gasteiger partial charge < -0.3 is 4.98 Å². The van der Waals surface area contributed by atoms with Crippen LogP contribution in [-0.4, -0.2) is 28.2 Å². The molecule has 20 heavy (non-hydrogen) atoms. The second-order valence-corrected chi connectivity index (χ2v) is 6.74. The van der Waals surface area contributed by atoms with Crippen LogP contribution in [0.25, 0.3) is 11.5 Å². The number of rotatable bonds is 2. The molecule has 108 valence electrons. The summed E-state index contributed by atoms with van der Waals surface area (Å²) in [6, 6.07) is 4.51. The highest BCUT2D eigenvalue weighted by Crippen LogP contribution is 2.25.